The van der Waals surface area contributed by atoms with E-state index in [-0.39, 0.29) is 16.1 Å². The van der Waals surface area contributed by atoms with E-state index in [1.807, 2.05) is 24.3 Å². The van der Waals surface area contributed by atoms with Gasteiger partial charge in [0, 0.05) is 16.1 Å². The number of likely N-dealkylation sites (N-methyl/N-ethyl adjacent to an activating group) is 1. The van der Waals surface area contributed by atoms with Gasteiger partial charge in [0.1, 0.15) is 11.6 Å². The summed E-state index contributed by atoms with van der Waals surface area (Å²) >= 11 is 6.49. The maximum atomic E-state index is 14.0. The van der Waals surface area contributed by atoms with E-state index < -0.39 is 11.6 Å². The summed E-state index contributed by atoms with van der Waals surface area (Å²) in [6.07, 6.45) is 0.999. The summed E-state index contributed by atoms with van der Waals surface area (Å²) in [6.45, 7) is 0. The lowest BCUT2D eigenvalue weighted by molar-refractivity contribution is 0.500. The third-order valence-corrected chi connectivity index (χ3v) is 4.53. The van der Waals surface area contributed by atoms with E-state index >= 15 is 0 Å². The summed E-state index contributed by atoms with van der Waals surface area (Å²) in [4.78, 5) is 0. The summed E-state index contributed by atoms with van der Waals surface area (Å²) in [6, 6.07) is 10.6. The van der Waals surface area contributed by atoms with Crippen LogP contribution in [-0.4, -0.2) is 13.1 Å². The Kier molecular flexibility index (Phi) is 5.90. The fraction of sp³-hybridized carbons (Fsp3) is 0.250. The molecule has 2 aromatic carbocycles. The third-order valence-electron chi connectivity index (χ3n) is 3.39. The van der Waals surface area contributed by atoms with Crippen molar-refractivity contribution < 1.29 is 8.78 Å². The molecule has 0 fully saturated rings. The molecule has 1 N–H and O–H groups in total. The number of nitrogens with one attached hydrogen (secondary N) is 1. The van der Waals surface area contributed by atoms with Crippen molar-refractivity contribution in [3.05, 3.63) is 68.1 Å². The molecule has 0 amide bonds. The van der Waals surface area contributed by atoms with Crippen LogP contribution in [0.5, 0.6) is 0 Å². The van der Waals surface area contributed by atoms with Gasteiger partial charge < -0.3 is 5.32 Å². The van der Waals surface area contributed by atoms with Gasteiger partial charge in [-0.15, -0.1) is 0 Å². The van der Waals surface area contributed by atoms with Gasteiger partial charge in [-0.3, -0.25) is 0 Å². The number of hydrogen-bond donors (Lipinski definition) is 1. The van der Waals surface area contributed by atoms with E-state index in [1.165, 1.54) is 12.1 Å². The Bertz CT molecular complexity index is 614. The Balaban J connectivity index is 2.16. The highest BCUT2D eigenvalue weighted by Gasteiger charge is 2.17. The molecular weight excluding hydrogens is 404 g/mol. The van der Waals surface area contributed by atoms with E-state index in [2.05, 4.69) is 37.2 Å². The highest BCUT2D eigenvalue weighted by atomic mass is 79.9. The molecular formula is C16H15Br2F2N. The van der Waals surface area contributed by atoms with E-state index in [9.17, 15) is 8.78 Å². The molecule has 21 heavy (non-hydrogen) atoms. The molecule has 5 heteroatoms. The van der Waals surface area contributed by atoms with Crippen molar-refractivity contribution in [2.45, 2.75) is 18.9 Å². The van der Waals surface area contributed by atoms with Crippen LogP contribution in [0.1, 0.15) is 11.1 Å². The minimum atomic E-state index is -0.522. The van der Waals surface area contributed by atoms with Gasteiger partial charge in [-0.1, -0.05) is 28.1 Å². The van der Waals surface area contributed by atoms with Gasteiger partial charge in [-0.2, -0.15) is 0 Å². The molecule has 1 nitrogen and oxygen atoms in total. The van der Waals surface area contributed by atoms with Crippen LogP contribution in [0.15, 0.2) is 45.3 Å². The van der Waals surface area contributed by atoms with Crippen LogP contribution in [0.2, 0.25) is 0 Å². The first-order valence-electron chi connectivity index (χ1n) is 6.55. The first kappa shape index (κ1) is 16.6. The van der Waals surface area contributed by atoms with Crippen LogP contribution < -0.4 is 5.32 Å². The molecule has 0 saturated carbocycles. The molecule has 2 aromatic rings. The zero-order valence-corrected chi connectivity index (χ0v) is 14.6. The van der Waals surface area contributed by atoms with Gasteiger partial charge in [-0.25, -0.2) is 8.78 Å². The lowest BCUT2D eigenvalue weighted by Crippen LogP contribution is -2.30. The van der Waals surface area contributed by atoms with Gasteiger partial charge in [0.25, 0.3) is 0 Å². The average molecular weight is 419 g/mol. The normalized spacial score (nSPS) is 12.4. The fourth-order valence-electron chi connectivity index (χ4n) is 2.18. The van der Waals surface area contributed by atoms with Crippen LogP contribution in [-0.2, 0) is 12.8 Å². The van der Waals surface area contributed by atoms with Gasteiger partial charge in [0.2, 0.25) is 0 Å². The fourth-order valence-corrected chi connectivity index (χ4v) is 2.82. The smallest absolute Gasteiger partial charge is 0.143 e. The molecule has 112 valence electrons. The minimum Gasteiger partial charge on any atom is -0.316 e. The van der Waals surface area contributed by atoms with Crippen LogP contribution in [0.4, 0.5) is 8.78 Å². The van der Waals surface area contributed by atoms with Crippen molar-refractivity contribution in [1.82, 2.24) is 5.32 Å². The molecule has 0 spiro atoms. The highest BCUT2D eigenvalue weighted by Crippen LogP contribution is 2.23. The quantitative estimate of drug-likeness (QED) is 0.683. The van der Waals surface area contributed by atoms with Crippen molar-refractivity contribution in [1.29, 1.82) is 0 Å². The van der Waals surface area contributed by atoms with E-state index in [1.54, 1.807) is 7.05 Å². The lowest BCUT2D eigenvalue weighted by Gasteiger charge is -2.17. The van der Waals surface area contributed by atoms with Gasteiger partial charge in [0.15, 0.2) is 0 Å². The summed E-state index contributed by atoms with van der Waals surface area (Å²) < 4.78 is 29.2. The first-order chi connectivity index (χ1) is 10.0. The Morgan fingerprint density at radius 2 is 1.67 bits per heavy atom. The highest BCUT2D eigenvalue weighted by molar-refractivity contribution is 9.10. The SMILES string of the molecule is CNC(Cc1ccc(Br)cc1)Cc1c(F)ccc(Br)c1F. The lowest BCUT2D eigenvalue weighted by atomic mass is 9.98. The molecule has 0 aliphatic rings. The molecule has 0 saturated heterocycles. The third kappa shape index (κ3) is 4.34. The second kappa shape index (κ2) is 7.47. The maximum absolute atomic E-state index is 14.0. The minimum absolute atomic E-state index is 0.0375. The maximum Gasteiger partial charge on any atom is 0.143 e. The largest absolute Gasteiger partial charge is 0.316 e. The predicted molar refractivity (Wildman–Crippen MR) is 88.5 cm³/mol. The van der Waals surface area contributed by atoms with Crippen LogP contribution >= 0.6 is 31.9 Å². The second-order valence-electron chi connectivity index (χ2n) is 4.84. The van der Waals surface area contributed by atoms with Gasteiger partial charge in [0.05, 0.1) is 4.47 Å². The Morgan fingerprint density at radius 1 is 1.00 bits per heavy atom. The molecule has 0 heterocycles. The monoisotopic (exact) mass is 417 g/mol. The molecule has 1 atom stereocenters. The van der Waals surface area contributed by atoms with Crippen molar-refractivity contribution in [2.24, 2.45) is 0 Å². The zero-order chi connectivity index (χ0) is 15.4. The van der Waals surface area contributed by atoms with Gasteiger partial charge >= 0.3 is 0 Å². The number of hydrogen-bond acceptors (Lipinski definition) is 1. The van der Waals surface area contributed by atoms with Crippen molar-refractivity contribution in [2.75, 3.05) is 7.05 Å². The number of halogens is 4. The van der Waals surface area contributed by atoms with E-state index in [0.717, 1.165) is 10.0 Å². The Labute approximate surface area is 140 Å². The van der Waals surface area contributed by atoms with E-state index in [4.69, 9.17) is 0 Å². The standard InChI is InChI=1S/C16H15Br2F2N/c1-21-12(8-10-2-4-11(17)5-3-10)9-13-15(19)7-6-14(18)16(13)20/h2-7,12,21H,8-9H2,1H3. The summed E-state index contributed by atoms with van der Waals surface area (Å²) in [7, 11) is 1.80. The topological polar surface area (TPSA) is 12.0 Å². The van der Waals surface area contributed by atoms with Crippen molar-refractivity contribution in [3.63, 3.8) is 0 Å². The summed E-state index contributed by atoms with van der Waals surface area (Å²) in [5, 5.41) is 3.13. The molecule has 0 aliphatic carbocycles. The first-order valence-corrected chi connectivity index (χ1v) is 8.14. The average Bonchev–Trinajstić information content (AvgIpc) is 2.48. The molecule has 0 aliphatic heterocycles. The van der Waals surface area contributed by atoms with Crippen molar-refractivity contribution in [3.8, 4) is 0 Å². The number of rotatable bonds is 5. The van der Waals surface area contributed by atoms with Crippen LogP contribution in [0, 0.1) is 11.6 Å². The van der Waals surface area contributed by atoms with Crippen LogP contribution in [0.25, 0.3) is 0 Å². The summed E-state index contributed by atoms with van der Waals surface area (Å²) in [5.41, 5.74) is 1.23. The number of benzene rings is 2. The molecule has 0 bridgehead atoms. The van der Waals surface area contributed by atoms with Gasteiger partial charge in [-0.05, 0) is 65.6 Å². The Hall–Kier alpha value is -0.780. The molecule has 2 rings (SSSR count). The molecule has 0 aromatic heterocycles. The molecule has 1 unspecified atom stereocenters. The van der Waals surface area contributed by atoms with E-state index in [0.29, 0.717) is 12.8 Å². The second-order valence-corrected chi connectivity index (χ2v) is 6.61. The predicted octanol–water partition coefficient (Wildman–Crippen LogP) is 4.86. The Morgan fingerprint density at radius 3 is 2.29 bits per heavy atom. The molecule has 0 radical (unpaired) electrons. The van der Waals surface area contributed by atoms with Crippen molar-refractivity contribution >= 4 is 31.9 Å². The summed E-state index contributed by atoms with van der Waals surface area (Å²) in [5.74, 6) is -1.03. The zero-order valence-electron chi connectivity index (χ0n) is 11.5. The van der Waals surface area contributed by atoms with Crippen LogP contribution in [0.3, 0.4) is 0 Å².